The molecule has 0 bridgehead atoms. The van der Waals surface area contributed by atoms with Crippen molar-refractivity contribution < 1.29 is 23.8 Å². The lowest BCUT2D eigenvalue weighted by Crippen LogP contribution is -2.53. The van der Waals surface area contributed by atoms with E-state index in [0.717, 1.165) is 16.7 Å². The molecule has 0 N–H and O–H groups in total. The fourth-order valence-corrected chi connectivity index (χ4v) is 4.95. The molecule has 0 aromatic heterocycles. The van der Waals surface area contributed by atoms with Crippen molar-refractivity contribution in [3.8, 4) is 0 Å². The second-order valence-electron chi connectivity index (χ2n) is 8.75. The van der Waals surface area contributed by atoms with Gasteiger partial charge in [0.05, 0.1) is 25.2 Å². The largest absolute Gasteiger partial charge is 0.447 e. The molecule has 0 saturated carbocycles. The minimum atomic E-state index is -1.11. The third-order valence-corrected chi connectivity index (χ3v) is 6.52. The van der Waals surface area contributed by atoms with E-state index < -0.39 is 17.8 Å². The van der Waals surface area contributed by atoms with Gasteiger partial charge in [-0.3, -0.25) is 4.79 Å². The highest BCUT2D eigenvalue weighted by molar-refractivity contribution is 5.95. The lowest BCUT2D eigenvalue weighted by atomic mass is 9.77. The van der Waals surface area contributed by atoms with Gasteiger partial charge in [-0.1, -0.05) is 67.1 Å². The topological polar surface area (TPSA) is 65.1 Å². The molecular weight excluding hydrogens is 406 g/mol. The van der Waals surface area contributed by atoms with Crippen molar-refractivity contribution in [3.63, 3.8) is 0 Å². The lowest BCUT2D eigenvalue weighted by molar-refractivity contribution is -0.196. The summed E-state index contributed by atoms with van der Waals surface area (Å²) in [6.07, 6.45) is 0.653. The predicted octanol–water partition coefficient (Wildman–Crippen LogP) is 4.46. The molecule has 2 heterocycles. The van der Waals surface area contributed by atoms with E-state index in [9.17, 15) is 9.59 Å². The summed E-state index contributed by atoms with van der Waals surface area (Å²) in [5.41, 5.74) is 3.21. The second kappa shape index (κ2) is 9.43. The Morgan fingerprint density at radius 3 is 2.50 bits per heavy atom. The van der Waals surface area contributed by atoms with E-state index in [1.807, 2.05) is 62.4 Å². The first-order chi connectivity index (χ1) is 15.4. The molecule has 2 aliphatic heterocycles. The van der Waals surface area contributed by atoms with Crippen molar-refractivity contribution in [1.82, 2.24) is 4.90 Å². The summed E-state index contributed by atoms with van der Waals surface area (Å²) in [4.78, 5) is 28.1. The van der Waals surface area contributed by atoms with E-state index in [-0.39, 0.29) is 24.5 Å². The minimum absolute atomic E-state index is 0.170. The van der Waals surface area contributed by atoms with Crippen molar-refractivity contribution in [2.45, 2.75) is 51.4 Å². The van der Waals surface area contributed by atoms with Crippen LogP contribution in [0.5, 0.6) is 0 Å². The second-order valence-corrected chi connectivity index (χ2v) is 8.75. The Bertz CT molecular complexity index is 954. The fraction of sp³-hybridized carbons (Fsp3) is 0.462. The van der Waals surface area contributed by atoms with Crippen LogP contribution < -0.4 is 0 Å². The Balaban J connectivity index is 1.69. The van der Waals surface area contributed by atoms with Gasteiger partial charge in [0.2, 0.25) is 5.91 Å². The Hall–Kier alpha value is -2.70. The number of rotatable bonds is 7. The molecule has 0 aliphatic carbocycles. The Labute approximate surface area is 189 Å². The van der Waals surface area contributed by atoms with Gasteiger partial charge in [-0.05, 0) is 37.8 Å². The van der Waals surface area contributed by atoms with Crippen LogP contribution in [0.15, 0.2) is 54.6 Å². The van der Waals surface area contributed by atoms with Crippen molar-refractivity contribution >= 4 is 12.0 Å². The summed E-state index contributed by atoms with van der Waals surface area (Å²) < 4.78 is 17.3. The van der Waals surface area contributed by atoms with Crippen LogP contribution in [0.3, 0.4) is 0 Å². The van der Waals surface area contributed by atoms with E-state index in [2.05, 4.69) is 13.0 Å². The zero-order chi connectivity index (χ0) is 22.7. The summed E-state index contributed by atoms with van der Waals surface area (Å²) in [5.74, 6) is -2.26. The van der Waals surface area contributed by atoms with Gasteiger partial charge in [-0.25, -0.2) is 9.69 Å². The number of cyclic esters (lactones) is 1. The quantitative estimate of drug-likeness (QED) is 0.640. The summed E-state index contributed by atoms with van der Waals surface area (Å²) in [7, 11) is 0. The maximum Gasteiger partial charge on any atom is 0.416 e. The van der Waals surface area contributed by atoms with E-state index in [1.54, 1.807) is 0 Å². The molecule has 3 atom stereocenters. The molecule has 2 unspecified atom stereocenters. The standard InChI is InChI=1S/C26H31NO5/c1-4-22(20-12-8-9-18(2)15-20)23(26(3)31-13-14-32-26)24(28)27-21(17-30-25(27)29)16-19-10-6-5-7-11-19/h5-12,15,21-23H,4,13-14,16-17H2,1-3H3/t21?,22-,23?/m0/s1. The molecule has 6 heteroatoms. The SMILES string of the molecule is CC[C@@H](c1cccc(C)c1)C(C(=O)N1C(=O)OCC1Cc1ccccc1)C1(C)OCCO1. The van der Waals surface area contributed by atoms with Gasteiger partial charge in [0.1, 0.15) is 6.61 Å². The van der Waals surface area contributed by atoms with Crippen molar-refractivity contribution in [2.75, 3.05) is 19.8 Å². The van der Waals surface area contributed by atoms with Gasteiger partial charge >= 0.3 is 6.09 Å². The lowest BCUT2D eigenvalue weighted by Gasteiger charge is -2.38. The Kier molecular flexibility index (Phi) is 6.63. The summed E-state index contributed by atoms with van der Waals surface area (Å²) in [6.45, 7) is 6.92. The molecule has 0 radical (unpaired) electrons. The van der Waals surface area contributed by atoms with Crippen LogP contribution >= 0.6 is 0 Å². The third kappa shape index (κ3) is 4.43. The summed E-state index contributed by atoms with van der Waals surface area (Å²) >= 11 is 0. The molecule has 2 aromatic rings. The molecule has 6 nitrogen and oxygen atoms in total. The highest BCUT2D eigenvalue weighted by Crippen LogP contribution is 2.42. The smallest absolute Gasteiger partial charge is 0.416 e. The predicted molar refractivity (Wildman–Crippen MR) is 120 cm³/mol. The van der Waals surface area contributed by atoms with Crippen LogP contribution in [0.4, 0.5) is 4.79 Å². The summed E-state index contributed by atoms with van der Waals surface area (Å²) in [6, 6.07) is 17.6. The van der Waals surface area contributed by atoms with Crippen LogP contribution in [0.2, 0.25) is 0 Å². The number of benzene rings is 2. The Morgan fingerprint density at radius 1 is 1.12 bits per heavy atom. The molecule has 2 fully saturated rings. The van der Waals surface area contributed by atoms with Gasteiger partial charge < -0.3 is 14.2 Å². The van der Waals surface area contributed by atoms with Crippen molar-refractivity contribution in [3.05, 3.63) is 71.3 Å². The van der Waals surface area contributed by atoms with E-state index in [4.69, 9.17) is 14.2 Å². The number of imide groups is 1. The average molecular weight is 438 g/mol. The van der Waals surface area contributed by atoms with Gasteiger partial charge in [-0.2, -0.15) is 0 Å². The van der Waals surface area contributed by atoms with Crippen LogP contribution in [-0.2, 0) is 25.4 Å². The van der Waals surface area contributed by atoms with E-state index in [1.165, 1.54) is 4.90 Å². The zero-order valence-electron chi connectivity index (χ0n) is 19.0. The van der Waals surface area contributed by atoms with Crippen molar-refractivity contribution in [1.29, 1.82) is 0 Å². The summed E-state index contributed by atoms with van der Waals surface area (Å²) in [5, 5.41) is 0. The maximum absolute atomic E-state index is 14.1. The molecule has 170 valence electrons. The molecule has 2 aromatic carbocycles. The first-order valence-electron chi connectivity index (χ1n) is 11.3. The van der Waals surface area contributed by atoms with Crippen molar-refractivity contribution in [2.24, 2.45) is 5.92 Å². The monoisotopic (exact) mass is 437 g/mol. The molecule has 0 spiro atoms. The average Bonchev–Trinajstić information content (AvgIpc) is 3.38. The Morgan fingerprint density at radius 2 is 1.84 bits per heavy atom. The van der Waals surface area contributed by atoms with Crippen LogP contribution in [0.25, 0.3) is 0 Å². The molecule has 2 aliphatic rings. The highest BCUT2D eigenvalue weighted by Gasteiger charge is 2.53. The van der Waals surface area contributed by atoms with Crippen LogP contribution in [0.1, 0.15) is 42.9 Å². The van der Waals surface area contributed by atoms with E-state index in [0.29, 0.717) is 26.1 Å². The normalized spacial score (nSPS) is 21.9. The molecule has 2 saturated heterocycles. The highest BCUT2D eigenvalue weighted by atomic mass is 16.7. The van der Waals surface area contributed by atoms with Gasteiger partial charge in [0.25, 0.3) is 0 Å². The first-order valence-corrected chi connectivity index (χ1v) is 11.3. The first kappa shape index (κ1) is 22.5. The van der Waals surface area contributed by atoms with Gasteiger partial charge in [-0.15, -0.1) is 0 Å². The zero-order valence-corrected chi connectivity index (χ0v) is 19.0. The number of ether oxygens (including phenoxy) is 3. The number of amides is 2. The van der Waals surface area contributed by atoms with Crippen LogP contribution in [-0.4, -0.2) is 48.5 Å². The molecule has 32 heavy (non-hydrogen) atoms. The maximum atomic E-state index is 14.1. The third-order valence-electron chi connectivity index (χ3n) is 6.52. The van der Waals surface area contributed by atoms with E-state index >= 15 is 0 Å². The molecule has 2 amide bonds. The molecule has 4 rings (SSSR count). The number of carbonyl (C=O) groups is 2. The molecular formula is C26H31NO5. The number of nitrogens with zero attached hydrogens (tertiary/aromatic N) is 1. The fourth-order valence-electron chi connectivity index (χ4n) is 4.95. The number of hydrogen-bond donors (Lipinski definition) is 0. The number of carbonyl (C=O) groups excluding carboxylic acids is 2. The van der Waals surface area contributed by atoms with Gasteiger partial charge in [0.15, 0.2) is 5.79 Å². The van der Waals surface area contributed by atoms with Gasteiger partial charge in [0, 0.05) is 5.92 Å². The number of hydrogen-bond acceptors (Lipinski definition) is 5. The van der Waals surface area contributed by atoms with Crippen LogP contribution in [0, 0.1) is 12.8 Å². The number of aryl methyl sites for hydroxylation is 1. The minimum Gasteiger partial charge on any atom is -0.447 e.